The minimum absolute atomic E-state index is 0.0405. The molecule has 0 radical (unpaired) electrons. The summed E-state index contributed by atoms with van der Waals surface area (Å²) in [4.78, 5) is 8.13. The molecule has 1 aromatic carbocycles. The topological polar surface area (TPSA) is 35.0 Å². The summed E-state index contributed by atoms with van der Waals surface area (Å²) >= 11 is 5.73. The molecular formula is C18H16ClFN2O. The fourth-order valence-electron chi connectivity index (χ4n) is 2.59. The maximum Gasteiger partial charge on any atom is 0.147 e. The summed E-state index contributed by atoms with van der Waals surface area (Å²) < 4.78 is 20.2. The lowest BCUT2D eigenvalue weighted by molar-refractivity contribution is 0.182. The van der Waals surface area contributed by atoms with Crippen molar-refractivity contribution in [1.82, 2.24) is 9.97 Å². The molecule has 5 heteroatoms. The van der Waals surface area contributed by atoms with Gasteiger partial charge >= 0.3 is 0 Å². The maximum absolute atomic E-state index is 14.5. The molecule has 23 heavy (non-hydrogen) atoms. The van der Waals surface area contributed by atoms with Gasteiger partial charge in [-0.15, -0.1) is 0 Å². The van der Waals surface area contributed by atoms with Crippen LogP contribution in [-0.4, -0.2) is 9.97 Å². The predicted octanol–water partition coefficient (Wildman–Crippen LogP) is 4.95. The van der Waals surface area contributed by atoms with Gasteiger partial charge in [-0.25, -0.2) is 9.37 Å². The van der Waals surface area contributed by atoms with Crippen LogP contribution in [0.2, 0.25) is 5.15 Å². The summed E-state index contributed by atoms with van der Waals surface area (Å²) in [6.07, 6.45) is 4.99. The van der Waals surface area contributed by atoms with Gasteiger partial charge < -0.3 is 4.74 Å². The zero-order valence-corrected chi connectivity index (χ0v) is 13.4. The fraction of sp³-hybridized carbons (Fsp3) is 0.222. The first-order valence-corrected chi connectivity index (χ1v) is 7.76. The van der Waals surface area contributed by atoms with Gasteiger partial charge in [-0.2, -0.15) is 0 Å². The Bertz CT molecular complexity index is 741. The van der Waals surface area contributed by atoms with Crippen molar-refractivity contribution < 1.29 is 9.13 Å². The SMILES string of the molecule is CC1CC(OCc2ccccc2)=CC(F)=C1c1cnc(Cl)cn1. The van der Waals surface area contributed by atoms with Crippen LogP contribution in [0.5, 0.6) is 0 Å². The average Bonchev–Trinajstić information content (AvgIpc) is 2.55. The molecule has 1 aromatic heterocycles. The first-order chi connectivity index (χ1) is 11.1. The van der Waals surface area contributed by atoms with Crippen molar-refractivity contribution in [3.05, 3.63) is 76.8 Å². The molecule has 3 nitrogen and oxygen atoms in total. The number of rotatable bonds is 4. The van der Waals surface area contributed by atoms with E-state index in [4.69, 9.17) is 16.3 Å². The predicted molar refractivity (Wildman–Crippen MR) is 88.2 cm³/mol. The second kappa shape index (κ2) is 6.92. The smallest absolute Gasteiger partial charge is 0.147 e. The normalized spacial score (nSPS) is 17.9. The van der Waals surface area contributed by atoms with Crippen molar-refractivity contribution >= 4 is 17.2 Å². The number of halogens is 2. The Balaban J connectivity index is 1.78. The van der Waals surface area contributed by atoms with E-state index in [2.05, 4.69) is 9.97 Å². The van der Waals surface area contributed by atoms with Crippen molar-refractivity contribution in [3.63, 3.8) is 0 Å². The average molecular weight is 331 g/mol. The van der Waals surface area contributed by atoms with Crippen LogP contribution in [0.3, 0.4) is 0 Å². The molecular weight excluding hydrogens is 315 g/mol. The Morgan fingerprint density at radius 3 is 2.65 bits per heavy atom. The van der Waals surface area contributed by atoms with Crippen LogP contribution in [0.25, 0.3) is 5.57 Å². The van der Waals surface area contributed by atoms with Crippen molar-refractivity contribution in [2.45, 2.75) is 20.0 Å². The van der Waals surface area contributed by atoms with Gasteiger partial charge in [-0.1, -0.05) is 48.9 Å². The van der Waals surface area contributed by atoms with E-state index in [1.54, 1.807) is 0 Å². The van der Waals surface area contributed by atoms with Gasteiger partial charge in [0.05, 0.1) is 23.8 Å². The van der Waals surface area contributed by atoms with Crippen LogP contribution in [0, 0.1) is 5.92 Å². The summed E-state index contributed by atoms with van der Waals surface area (Å²) in [5, 5.41) is 0.292. The summed E-state index contributed by atoms with van der Waals surface area (Å²) in [5.74, 6) is 0.272. The van der Waals surface area contributed by atoms with Gasteiger partial charge in [-0.05, 0) is 11.5 Å². The highest BCUT2D eigenvalue weighted by Gasteiger charge is 2.24. The first kappa shape index (κ1) is 15.7. The van der Waals surface area contributed by atoms with Gasteiger partial charge in [0.15, 0.2) is 0 Å². The van der Waals surface area contributed by atoms with Crippen molar-refractivity contribution in [2.75, 3.05) is 0 Å². The highest BCUT2D eigenvalue weighted by Crippen LogP contribution is 2.36. The zero-order valence-electron chi connectivity index (χ0n) is 12.7. The fourth-order valence-corrected chi connectivity index (χ4v) is 2.69. The van der Waals surface area contributed by atoms with Crippen molar-refractivity contribution in [3.8, 4) is 0 Å². The van der Waals surface area contributed by atoms with E-state index >= 15 is 0 Å². The number of ether oxygens (including phenoxy) is 1. The lowest BCUT2D eigenvalue weighted by Gasteiger charge is -2.22. The molecule has 1 unspecified atom stereocenters. The Morgan fingerprint density at radius 2 is 2.00 bits per heavy atom. The molecule has 0 N–H and O–H groups in total. The Morgan fingerprint density at radius 1 is 1.22 bits per heavy atom. The minimum atomic E-state index is -0.330. The molecule has 1 aliphatic carbocycles. The van der Waals surface area contributed by atoms with E-state index in [1.165, 1.54) is 18.5 Å². The molecule has 0 saturated carbocycles. The molecule has 0 spiro atoms. The zero-order chi connectivity index (χ0) is 16.2. The Hall–Kier alpha value is -2.20. The molecule has 0 fully saturated rings. The molecule has 118 valence electrons. The maximum atomic E-state index is 14.5. The second-order valence-electron chi connectivity index (χ2n) is 5.48. The van der Waals surface area contributed by atoms with Crippen LogP contribution >= 0.6 is 11.6 Å². The van der Waals surface area contributed by atoms with Gasteiger partial charge in [0.1, 0.15) is 17.6 Å². The highest BCUT2D eigenvalue weighted by molar-refractivity contribution is 6.29. The van der Waals surface area contributed by atoms with Gasteiger partial charge in [-0.3, -0.25) is 4.98 Å². The first-order valence-electron chi connectivity index (χ1n) is 7.38. The van der Waals surface area contributed by atoms with Crippen LogP contribution < -0.4 is 0 Å². The molecule has 3 rings (SSSR count). The van der Waals surface area contributed by atoms with Gasteiger partial charge in [0, 0.05) is 18.1 Å². The quantitative estimate of drug-likeness (QED) is 0.795. The molecule has 0 saturated heterocycles. The largest absolute Gasteiger partial charge is 0.493 e. The molecule has 0 amide bonds. The second-order valence-corrected chi connectivity index (χ2v) is 5.86. The third-order valence-electron chi connectivity index (χ3n) is 3.71. The van der Waals surface area contributed by atoms with Crippen LogP contribution in [-0.2, 0) is 11.3 Å². The van der Waals surface area contributed by atoms with Crippen LogP contribution in [0.15, 0.2) is 60.4 Å². The molecule has 1 aliphatic rings. The summed E-state index contributed by atoms with van der Waals surface area (Å²) in [7, 11) is 0. The molecule has 1 atom stereocenters. The number of aromatic nitrogens is 2. The highest BCUT2D eigenvalue weighted by atomic mass is 35.5. The number of hydrogen-bond donors (Lipinski definition) is 0. The Labute approximate surface area is 139 Å². The number of allylic oxidation sites excluding steroid dienone is 4. The van der Waals surface area contributed by atoms with E-state index in [0.29, 0.717) is 35.2 Å². The standard InChI is InChI=1S/C18H16ClFN2O/c1-12-7-14(23-11-13-5-3-2-4-6-13)8-15(20)18(12)16-9-22-17(19)10-21-16/h2-6,8-10,12H,7,11H2,1H3. The number of nitrogens with zero attached hydrogens (tertiary/aromatic N) is 2. The third-order valence-corrected chi connectivity index (χ3v) is 3.90. The minimum Gasteiger partial charge on any atom is -0.493 e. The summed E-state index contributed by atoms with van der Waals surface area (Å²) in [6, 6.07) is 9.82. The lowest BCUT2D eigenvalue weighted by Crippen LogP contribution is -2.10. The molecule has 0 aliphatic heterocycles. The lowest BCUT2D eigenvalue weighted by atomic mass is 9.89. The molecule has 1 heterocycles. The van der Waals surface area contributed by atoms with E-state index < -0.39 is 0 Å². The van der Waals surface area contributed by atoms with Gasteiger partial charge in [0.25, 0.3) is 0 Å². The third kappa shape index (κ3) is 3.77. The van der Waals surface area contributed by atoms with Crippen molar-refractivity contribution in [2.24, 2.45) is 5.92 Å². The molecule has 0 bridgehead atoms. The number of hydrogen-bond acceptors (Lipinski definition) is 3. The monoisotopic (exact) mass is 330 g/mol. The summed E-state index contributed by atoms with van der Waals surface area (Å²) in [6.45, 7) is 2.38. The van der Waals surface area contributed by atoms with Crippen molar-refractivity contribution in [1.29, 1.82) is 0 Å². The van der Waals surface area contributed by atoms with E-state index in [1.807, 2.05) is 37.3 Å². The number of benzene rings is 1. The van der Waals surface area contributed by atoms with E-state index in [-0.39, 0.29) is 11.7 Å². The van der Waals surface area contributed by atoms with E-state index in [9.17, 15) is 4.39 Å². The summed E-state index contributed by atoms with van der Waals surface area (Å²) in [5.41, 5.74) is 2.11. The van der Waals surface area contributed by atoms with Gasteiger partial charge in [0.2, 0.25) is 0 Å². The van der Waals surface area contributed by atoms with Crippen LogP contribution in [0.4, 0.5) is 4.39 Å². The Kier molecular flexibility index (Phi) is 4.72. The van der Waals surface area contributed by atoms with Crippen LogP contribution in [0.1, 0.15) is 24.6 Å². The van der Waals surface area contributed by atoms with E-state index in [0.717, 1.165) is 5.56 Å². The molecule has 2 aromatic rings.